The standard InChI is InChI=1S/C20H30O2/c1-4-6-7-8-9-10-11-12-18-13-15-19(16-14-18)22-20(21)17(3)5-2/h13-16H,3-12H2,1-2H3. The van der Waals surface area contributed by atoms with Crippen LogP contribution >= 0.6 is 0 Å². The van der Waals surface area contributed by atoms with Crippen molar-refractivity contribution >= 4 is 5.97 Å². The van der Waals surface area contributed by atoms with Crippen molar-refractivity contribution in [1.82, 2.24) is 0 Å². The van der Waals surface area contributed by atoms with Crippen LogP contribution in [0, 0.1) is 0 Å². The quantitative estimate of drug-likeness (QED) is 0.222. The first-order valence-electron chi connectivity index (χ1n) is 8.66. The molecule has 1 aromatic carbocycles. The lowest BCUT2D eigenvalue weighted by molar-refractivity contribution is -0.130. The van der Waals surface area contributed by atoms with Gasteiger partial charge in [-0.25, -0.2) is 4.79 Å². The Morgan fingerprint density at radius 3 is 2.14 bits per heavy atom. The SMILES string of the molecule is C=C(CC)C(=O)Oc1ccc(CCCCCCCCC)cc1. The topological polar surface area (TPSA) is 26.3 Å². The van der Waals surface area contributed by atoms with Gasteiger partial charge in [0, 0.05) is 5.57 Å². The van der Waals surface area contributed by atoms with Crippen molar-refractivity contribution in [2.45, 2.75) is 71.6 Å². The van der Waals surface area contributed by atoms with E-state index in [1.54, 1.807) is 0 Å². The molecule has 0 unspecified atom stereocenters. The van der Waals surface area contributed by atoms with Crippen molar-refractivity contribution in [2.75, 3.05) is 0 Å². The van der Waals surface area contributed by atoms with Crippen LogP contribution in [0.25, 0.3) is 0 Å². The lowest BCUT2D eigenvalue weighted by Crippen LogP contribution is -2.09. The summed E-state index contributed by atoms with van der Waals surface area (Å²) in [5.41, 5.74) is 1.81. The molecule has 0 heterocycles. The third kappa shape index (κ3) is 7.44. The van der Waals surface area contributed by atoms with Crippen LogP contribution < -0.4 is 4.74 Å². The minimum absolute atomic E-state index is 0.331. The average molecular weight is 302 g/mol. The van der Waals surface area contributed by atoms with E-state index in [-0.39, 0.29) is 5.97 Å². The Labute approximate surface area is 135 Å². The third-order valence-electron chi connectivity index (χ3n) is 3.92. The number of carbonyl (C=O) groups is 1. The van der Waals surface area contributed by atoms with Crippen molar-refractivity contribution in [3.8, 4) is 5.75 Å². The first-order valence-corrected chi connectivity index (χ1v) is 8.66. The molecule has 0 spiro atoms. The molecule has 0 saturated heterocycles. The largest absolute Gasteiger partial charge is 0.423 e. The van der Waals surface area contributed by atoms with Crippen molar-refractivity contribution in [3.63, 3.8) is 0 Å². The predicted octanol–water partition coefficient (Wildman–Crippen LogP) is 5.85. The highest BCUT2D eigenvalue weighted by Gasteiger charge is 2.07. The fourth-order valence-corrected chi connectivity index (χ4v) is 2.33. The van der Waals surface area contributed by atoms with Gasteiger partial charge in [-0.3, -0.25) is 0 Å². The molecular formula is C20H30O2. The molecule has 0 aromatic heterocycles. The summed E-state index contributed by atoms with van der Waals surface area (Å²) >= 11 is 0. The van der Waals surface area contributed by atoms with Crippen LogP contribution in [0.2, 0.25) is 0 Å². The van der Waals surface area contributed by atoms with Gasteiger partial charge in [-0.2, -0.15) is 0 Å². The maximum absolute atomic E-state index is 11.6. The number of ether oxygens (including phenoxy) is 1. The fourth-order valence-electron chi connectivity index (χ4n) is 2.33. The lowest BCUT2D eigenvalue weighted by Gasteiger charge is -2.06. The van der Waals surface area contributed by atoms with E-state index in [1.165, 1.54) is 50.5 Å². The Kier molecular flexibility index (Phi) is 9.29. The summed E-state index contributed by atoms with van der Waals surface area (Å²) in [5.74, 6) is 0.269. The molecule has 122 valence electrons. The van der Waals surface area contributed by atoms with E-state index in [0.717, 1.165) is 6.42 Å². The number of carbonyl (C=O) groups excluding carboxylic acids is 1. The van der Waals surface area contributed by atoms with Crippen molar-refractivity contribution in [2.24, 2.45) is 0 Å². The van der Waals surface area contributed by atoms with Crippen LogP contribution in [0.15, 0.2) is 36.4 Å². The summed E-state index contributed by atoms with van der Waals surface area (Å²) in [5, 5.41) is 0. The lowest BCUT2D eigenvalue weighted by atomic mass is 10.0. The first-order chi connectivity index (χ1) is 10.7. The van der Waals surface area contributed by atoms with Gasteiger partial charge in [-0.15, -0.1) is 0 Å². The summed E-state index contributed by atoms with van der Waals surface area (Å²) < 4.78 is 5.26. The van der Waals surface area contributed by atoms with E-state index < -0.39 is 0 Å². The minimum atomic E-state index is -0.331. The summed E-state index contributed by atoms with van der Waals surface area (Å²) in [6.07, 6.45) is 11.0. The number of esters is 1. The van der Waals surface area contributed by atoms with E-state index in [2.05, 4.69) is 25.6 Å². The number of unbranched alkanes of at least 4 members (excludes halogenated alkanes) is 6. The Morgan fingerprint density at radius 1 is 0.955 bits per heavy atom. The predicted molar refractivity (Wildman–Crippen MR) is 93.2 cm³/mol. The molecule has 0 radical (unpaired) electrons. The van der Waals surface area contributed by atoms with Crippen LogP contribution in [0.3, 0.4) is 0 Å². The number of hydrogen-bond donors (Lipinski definition) is 0. The van der Waals surface area contributed by atoms with Crippen LogP contribution in [0.4, 0.5) is 0 Å². The number of benzene rings is 1. The Balaban J connectivity index is 2.24. The zero-order valence-electron chi connectivity index (χ0n) is 14.2. The minimum Gasteiger partial charge on any atom is -0.423 e. The zero-order chi connectivity index (χ0) is 16.2. The maximum Gasteiger partial charge on any atom is 0.338 e. The molecule has 0 saturated carbocycles. The molecule has 0 amide bonds. The molecule has 2 nitrogen and oxygen atoms in total. The smallest absolute Gasteiger partial charge is 0.338 e. The monoisotopic (exact) mass is 302 g/mol. The molecule has 2 heteroatoms. The molecule has 0 N–H and O–H groups in total. The zero-order valence-corrected chi connectivity index (χ0v) is 14.2. The molecule has 0 aliphatic rings. The van der Waals surface area contributed by atoms with Gasteiger partial charge in [-0.1, -0.05) is 71.1 Å². The van der Waals surface area contributed by atoms with Crippen molar-refractivity contribution in [3.05, 3.63) is 42.0 Å². The molecular weight excluding hydrogens is 272 g/mol. The van der Waals surface area contributed by atoms with Crippen LogP contribution in [0.1, 0.15) is 70.8 Å². The molecule has 22 heavy (non-hydrogen) atoms. The third-order valence-corrected chi connectivity index (χ3v) is 3.92. The number of hydrogen-bond acceptors (Lipinski definition) is 2. The molecule has 0 bridgehead atoms. The highest BCUT2D eigenvalue weighted by molar-refractivity contribution is 5.89. The second-order valence-electron chi connectivity index (χ2n) is 5.86. The second-order valence-corrected chi connectivity index (χ2v) is 5.86. The Morgan fingerprint density at radius 2 is 1.55 bits per heavy atom. The highest BCUT2D eigenvalue weighted by Crippen LogP contribution is 2.16. The van der Waals surface area contributed by atoms with Gasteiger partial charge in [0.05, 0.1) is 0 Å². The van der Waals surface area contributed by atoms with E-state index in [0.29, 0.717) is 17.7 Å². The normalized spacial score (nSPS) is 10.5. The molecule has 1 aromatic rings. The van der Waals surface area contributed by atoms with Gasteiger partial charge in [0.25, 0.3) is 0 Å². The van der Waals surface area contributed by atoms with E-state index in [1.807, 2.05) is 19.1 Å². The summed E-state index contributed by atoms with van der Waals surface area (Å²) in [6, 6.07) is 7.84. The van der Waals surface area contributed by atoms with Gasteiger partial charge < -0.3 is 4.74 Å². The Hall–Kier alpha value is -1.57. The first kappa shape index (κ1) is 18.5. The molecule has 0 aliphatic carbocycles. The fraction of sp³-hybridized carbons (Fsp3) is 0.550. The summed E-state index contributed by atoms with van der Waals surface area (Å²) in [4.78, 5) is 11.6. The summed E-state index contributed by atoms with van der Waals surface area (Å²) in [6.45, 7) is 7.84. The second kappa shape index (κ2) is 11.1. The van der Waals surface area contributed by atoms with Crippen molar-refractivity contribution < 1.29 is 9.53 Å². The van der Waals surface area contributed by atoms with Gasteiger partial charge >= 0.3 is 5.97 Å². The highest BCUT2D eigenvalue weighted by atomic mass is 16.5. The molecule has 1 rings (SSSR count). The van der Waals surface area contributed by atoms with E-state index in [9.17, 15) is 4.79 Å². The molecule has 0 aliphatic heterocycles. The van der Waals surface area contributed by atoms with Crippen LogP contribution in [-0.4, -0.2) is 5.97 Å². The van der Waals surface area contributed by atoms with Crippen LogP contribution in [0.5, 0.6) is 5.75 Å². The Bertz CT molecular complexity index is 445. The maximum atomic E-state index is 11.6. The van der Waals surface area contributed by atoms with Gasteiger partial charge in [0.1, 0.15) is 5.75 Å². The molecule has 0 atom stereocenters. The van der Waals surface area contributed by atoms with Crippen molar-refractivity contribution in [1.29, 1.82) is 0 Å². The van der Waals surface area contributed by atoms with Crippen LogP contribution in [-0.2, 0) is 11.2 Å². The number of rotatable bonds is 11. The van der Waals surface area contributed by atoms with E-state index >= 15 is 0 Å². The summed E-state index contributed by atoms with van der Waals surface area (Å²) in [7, 11) is 0. The van der Waals surface area contributed by atoms with Gasteiger partial charge in [-0.05, 0) is 37.0 Å². The number of aryl methyl sites for hydroxylation is 1. The van der Waals surface area contributed by atoms with Gasteiger partial charge in [0.15, 0.2) is 0 Å². The average Bonchev–Trinajstić information content (AvgIpc) is 2.54. The van der Waals surface area contributed by atoms with E-state index in [4.69, 9.17) is 4.74 Å². The van der Waals surface area contributed by atoms with Gasteiger partial charge in [0.2, 0.25) is 0 Å². The molecule has 0 fully saturated rings.